The van der Waals surface area contributed by atoms with Gasteiger partial charge in [-0.25, -0.2) is 4.98 Å². The Balaban J connectivity index is 1.76. The Morgan fingerprint density at radius 2 is 2.00 bits per heavy atom. The minimum Gasteiger partial charge on any atom is -0.442 e. The Bertz CT molecular complexity index is 1160. The molecule has 0 atom stereocenters. The minimum atomic E-state index is -0.435. The van der Waals surface area contributed by atoms with Crippen molar-refractivity contribution >= 4 is 22.7 Å². The molecule has 134 valence electrons. The number of fused-ring (bicyclic) bond motifs is 1. The third-order valence-electron chi connectivity index (χ3n) is 4.20. The van der Waals surface area contributed by atoms with Gasteiger partial charge in [-0.2, -0.15) is 0 Å². The number of aromatic nitrogens is 3. The van der Waals surface area contributed by atoms with Gasteiger partial charge < -0.3 is 9.73 Å². The van der Waals surface area contributed by atoms with Gasteiger partial charge in [0.25, 0.3) is 11.5 Å². The molecule has 1 aromatic carbocycles. The highest BCUT2D eigenvalue weighted by Crippen LogP contribution is 2.22. The summed E-state index contributed by atoms with van der Waals surface area (Å²) in [5.74, 6) is -0.0935. The highest BCUT2D eigenvalue weighted by atomic mass is 16.3. The van der Waals surface area contributed by atoms with E-state index in [0.717, 1.165) is 5.56 Å². The number of pyridine rings is 1. The first-order chi connectivity index (χ1) is 13.1. The van der Waals surface area contributed by atoms with E-state index in [9.17, 15) is 9.59 Å². The highest BCUT2D eigenvalue weighted by molar-refractivity contribution is 6.12. The van der Waals surface area contributed by atoms with E-state index in [1.165, 1.54) is 17.1 Å². The summed E-state index contributed by atoms with van der Waals surface area (Å²) < 4.78 is 7.01. The summed E-state index contributed by atoms with van der Waals surface area (Å²) >= 11 is 0. The second-order valence-electron chi connectivity index (χ2n) is 6.07. The maximum Gasteiger partial charge on any atom is 0.265 e. The molecule has 1 amide bonds. The molecule has 4 aromatic rings. The molecular weight excluding hydrogens is 344 g/mol. The van der Waals surface area contributed by atoms with E-state index in [1.807, 2.05) is 30.3 Å². The summed E-state index contributed by atoms with van der Waals surface area (Å²) in [6, 6.07) is 13.0. The van der Waals surface area contributed by atoms with Crippen LogP contribution in [0.3, 0.4) is 0 Å². The van der Waals surface area contributed by atoms with Crippen molar-refractivity contribution in [2.75, 3.05) is 5.32 Å². The first kappa shape index (κ1) is 16.7. The van der Waals surface area contributed by atoms with Crippen LogP contribution in [0.5, 0.6) is 0 Å². The van der Waals surface area contributed by atoms with E-state index in [0.29, 0.717) is 18.0 Å². The smallest absolute Gasteiger partial charge is 0.265 e. The second kappa shape index (κ2) is 6.87. The van der Waals surface area contributed by atoms with Gasteiger partial charge in [-0.3, -0.25) is 19.1 Å². The van der Waals surface area contributed by atoms with Crippen molar-refractivity contribution in [3.63, 3.8) is 0 Å². The Hall–Kier alpha value is -3.74. The normalized spacial score (nSPS) is 10.9. The number of nitrogens with zero attached hydrogens (tertiary/aromatic N) is 3. The van der Waals surface area contributed by atoms with E-state index in [1.54, 1.807) is 25.3 Å². The van der Waals surface area contributed by atoms with Crippen molar-refractivity contribution in [3.8, 4) is 0 Å². The lowest BCUT2D eigenvalue weighted by Gasteiger charge is -2.06. The van der Waals surface area contributed by atoms with Crippen molar-refractivity contribution in [2.45, 2.75) is 13.5 Å². The molecule has 0 saturated carbocycles. The fraction of sp³-hybridized carbons (Fsp3) is 0.100. The van der Waals surface area contributed by atoms with Crippen LogP contribution >= 0.6 is 0 Å². The summed E-state index contributed by atoms with van der Waals surface area (Å²) in [5.41, 5.74) is 1.51. The molecule has 0 saturated heterocycles. The Morgan fingerprint density at radius 1 is 1.19 bits per heavy atom. The molecule has 0 aliphatic carbocycles. The number of furan rings is 1. The number of carbonyl (C=O) groups is 1. The van der Waals surface area contributed by atoms with Gasteiger partial charge in [0.2, 0.25) is 5.71 Å². The van der Waals surface area contributed by atoms with Gasteiger partial charge in [-0.15, -0.1) is 0 Å². The third-order valence-corrected chi connectivity index (χ3v) is 4.20. The molecule has 4 rings (SSSR count). The summed E-state index contributed by atoms with van der Waals surface area (Å²) in [7, 11) is 0. The Morgan fingerprint density at radius 3 is 2.74 bits per heavy atom. The molecule has 0 aliphatic rings. The standard InChI is InChI=1S/C20H16N4O3/c1-13-16(18(25)23-15-8-5-9-21-10-15)17-19(27-13)22-12-24(20(17)26)11-14-6-3-2-4-7-14/h2-10,12H,11H2,1H3,(H,23,25). The van der Waals surface area contributed by atoms with Gasteiger partial charge in [0.05, 0.1) is 24.0 Å². The molecule has 27 heavy (non-hydrogen) atoms. The van der Waals surface area contributed by atoms with Crippen LogP contribution in [-0.4, -0.2) is 20.4 Å². The fourth-order valence-corrected chi connectivity index (χ4v) is 2.93. The molecule has 0 radical (unpaired) electrons. The van der Waals surface area contributed by atoms with E-state index in [4.69, 9.17) is 4.42 Å². The summed E-state index contributed by atoms with van der Waals surface area (Å²) in [4.78, 5) is 33.9. The number of benzene rings is 1. The Labute approximate surface area is 154 Å². The predicted molar refractivity (Wildman–Crippen MR) is 101 cm³/mol. The van der Waals surface area contributed by atoms with Gasteiger partial charge in [-0.1, -0.05) is 30.3 Å². The van der Waals surface area contributed by atoms with E-state index in [-0.39, 0.29) is 22.2 Å². The first-order valence-electron chi connectivity index (χ1n) is 8.37. The molecule has 0 fully saturated rings. The van der Waals surface area contributed by atoms with Crippen LogP contribution in [0.2, 0.25) is 0 Å². The van der Waals surface area contributed by atoms with E-state index >= 15 is 0 Å². The van der Waals surface area contributed by atoms with E-state index < -0.39 is 5.91 Å². The van der Waals surface area contributed by atoms with Crippen LogP contribution in [0.1, 0.15) is 21.7 Å². The molecular formula is C20H16N4O3. The summed E-state index contributed by atoms with van der Waals surface area (Å²) in [5, 5.41) is 2.91. The van der Waals surface area contributed by atoms with Crippen LogP contribution in [0, 0.1) is 6.92 Å². The lowest BCUT2D eigenvalue weighted by molar-refractivity contribution is 0.102. The monoisotopic (exact) mass is 360 g/mol. The maximum atomic E-state index is 13.0. The minimum absolute atomic E-state index is 0.151. The first-order valence-corrected chi connectivity index (χ1v) is 8.37. The number of nitrogens with one attached hydrogen (secondary N) is 1. The average Bonchev–Trinajstić information content (AvgIpc) is 3.02. The van der Waals surface area contributed by atoms with Crippen LogP contribution < -0.4 is 10.9 Å². The number of rotatable bonds is 4. The number of amides is 1. The molecule has 1 N–H and O–H groups in total. The molecule has 0 bridgehead atoms. The summed E-state index contributed by atoms with van der Waals surface area (Å²) in [6.07, 6.45) is 4.57. The van der Waals surface area contributed by atoms with Gasteiger partial charge >= 0.3 is 0 Å². The zero-order valence-corrected chi connectivity index (χ0v) is 14.5. The van der Waals surface area contributed by atoms with Crippen molar-refractivity contribution < 1.29 is 9.21 Å². The number of hydrogen-bond donors (Lipinski definition) is 1. The maximum absolute atomic E-state index is 13.0. The van der Waals surface area contributed by atoms with Gasteiger partial charge in [0, 0.05) is 6.20 Å². The fourth-order valence-electron chi connectivity index (χ4n) is 2.93. The highest BCUT2D eigenvalue weighted by Gasteiger charge is 2.23. The molecule has 0 spiro atoms. The molecule has 0 unspecified atom stereocenters. The zero-order chi connectivity index (χ0) is 18.8. The lowest BCUT2D eigenvalue weighted by Crippen LogP contribution is -2.23. The topological polar surface area (TPSA) is 90.0 Å². The van der Waals surface area contributed by atoms with Gasteiger partial charge in [0.1, 0.15) is 17.5 Å². The predicted octanol–water partition coefficient (Wildman–Crippen LogP) is 2.99. The largest absolute Gasteiger partial charge is 0.442 e. The number of carbonyl (C=O) groups excluding carboxylic acids is 1. The zero-order valence-electron chi connectivity index (χ0n) is 14.5. The molecule has 0 aliphatic heterocycles. The number of aryl methyl sites for hydroxylation is 1. The van der Waals surface area contributed by atoms with Crippen molar-refractivity contribution in [1.82, 2.24) is 14.5 Å². The SMILES string of the molecule is Cc1oc2ncn(Cc3ccccc3)c(=O)c2c1C(=O)Nc1cccnc1. The quantitative estimate of drug-likeness (QED) is 0.604. The van der Waals surface area contributed by atoms with E-state index in [2.05, 4.69) is 15.3 Å². The third kappa shape index (κ3) is 3.22. The van der Waals surface area contributed by atoms with Gasteiger partial charge in [0.15, 0.2) is 0 Å². The average molecular weight is 360 g/mol. The van der Waals surface area contributed by atoms with Crippen LogP contribution in [-0.2, 0) is 6.54 Å². The molecule has 3 heterocycles. The van der Waals surface area contributed by atoms with Crippen molar-refractivity contribution in [1.29, 1.82) is 0 Å². The molecule has 7 heteroatoms. The number of anilines is 1. The Kier molecular flexibility index (Phi) is 4.25. The van der Waals surface area contributed by atoms with Crippen LogP contribution in [0.15, 0.2) is 70.4 Å². The van der Waals surface area contributed by atoms with Crippen molar-refractivity contribution in [3.05, 3.63) is 88.4 Å². The van der Waals surface area contributed by atoms with Crippen molar-refractivity contribution in [2.24, 2.45) is 0 Å². The van der Waals surface area contributed by atoms with Crippen LogP contribution in [0.25, 0.3) is 11.1 Å². The number of hydrogen-bond acceptors (Lipinski definition) is 5. The van der Waals surface area contributed by atoms with Crippen LogP contribution in [0.4, 0.5) is 5.69 Å². The molecule has 3 aromatic heterocycles. The lowest BCUT2D eigenvalue weighted by atomic mass is 10.1. The van der Waals surface area contributed by atoms with Gasteiger partial charge in [-0.05, 0) is 24.6 Å². The summed E-state index contributed by atoms with van der Waals surface area (Å²) in [6.45, 7) is 2.00. The second-order valence-corrected chi connectivity index (χ2v) is 6.07. The molecule has 7 nitrogen and oxygen atoms in total.